The lowest BCUT2D eigenvalue weighted by Gasteiger charge is -2.10. The minimum absolute atomic E-state index is 0.0275. The van der Waals surface area contributed by atoms with Crippen molar-refractivity contribution < 1.29 is 27.2 Å². The summed E-state index contributed by atoms with van der Waals surface area (Å²) in [6, 6.07) is 2.14. The van der Waals surface area contributed by atoms with Crippen LogP contribution < -0.4 is 11.1 Å². The zero-order valence-corrected chi connectivity index (χ0v) is 17.8. The fraction of sp³-hybridized carbons (Fsp3) is 0.211. The maximum atomic E-state index is 13.4. The number of ketones is 1. The molecule has 0 aliphatic heterocycles. The molecule has 1 unspecified atom stereocenters. The van der Waals surface area contributed by atoms with Gasteiger partial charge >= 0.3 is 6.18 Å². The Morgan fingerprint density at radius 2 is 1.97 bits per heavy atom. The SMILES string of the molecule is CC(CC(=O)c1ncnc(N)c1Cl)c1ncc(C(=O)Nc2ccc(F)c(C(F)(F)F)c2)s1. The van der Waals surface area contributed by atoms with Gasteiger partial charge in [-0.1, -0.05) is 18.5 Å². The molecular formula is C19H14ClF4N5O2S. The van der Waals surface area contributed by atoms with Crippen LogP contribution in [0, 0.1) is 5.82 Å². The highest BCUT2D eigenvalue weighted by atomic mass is 35.5. The number of hydrogen-bond donors (Lipinski definition) is 2. The van der Waals surface area contributed by atoms with Gasteiger partial charge in [-0.3, -0.25) is 9.59 Å². The van der Waals surface area contributed by atoms with E-state index in [1.807, 2.05) is 0 Å². The summed E-state index contributed by atoms with van der Waals surface area (Å²) >= 11 is 6.92. The molecule has 13 heteroatoms. The van der Waals surface area contributed by atoms with E-state index >= 15 is 0 Å². The second-order valence-electron chi connectivity index (χ2n) is 6.66. The van der Waals surface area contributed by atoms with Gasteiger partial charge < -0.3 is 11.1 Å². The molecule has 2 heterocycles. The molecule has 0 aliphatic rings. The van der Waals surface area contributed by atoms with Crippen LogP contribution in [-0.4, -0.2) is 26.6 Å². The molecule has 2 aromatic heterocycles. The number of rotatable bonds is 6. The van der Waals surface area contributed by atoms with Gasteiger partial charge in [-0.2, -0.15) is 13.2 Å². The van der Waals surface area contributed by atoms with Crippen molar-refractivity contribution in [1.29, 1.82) is 0 Å². The summed E-state index contributed by atoms with van der Waals surface area (Å²) in [6.07, 6.45) is -2.58. The minimum atomic E-state index is -4.90. The maximum Gasteiger partial charge on any atom is 0.419 e. The number of halogens is 5. The number of aromatic nitrogens is 3. The van der Waals surface area contributed by atoms with Crippen molar-refractivity contribution in [2.24, 2.45) is 0 Å². The largest absolute Gasteiger partial charge is 0.419 e. The third-order valence-corrected chi connectivity index (χ3v) is 5.87. The Hall–Kier alpha value is -3.12. The lowest BCUT2D eigenvalue weighted by atomic mass is 10.0. The number of carbonyl (C=O) groups is 2. The zero-order chi connectivity index (χ0) is 23.6. The Morgan fingerprint density at radius 1 is 1.25 bits per heavy atom. The molecule has 32 heavy (non-hydrogen) atoms. The summed E-state index contributed by atoms with van der Waals surface area (Å²) in [5, 5.41) is 2.67. The number of Topliss-reactive ketones (excluding diaryl/α,β-unsaturated/α-hetero) is 1. The zero-order valence-electron chi connectivity index (χ0n) is 16.2. The normalized spacial score (nSPS) is 12.4. The first-order valence-corrected chi connectivity index (χ1v) is 10.1. The molecule has 0 spiro atoms. The second kappa shape index (κ2) is 9.17. The summed E-state index contributed by atoms with van der Waals surface area (Å²) < 4.78 is 51.9. The fourth-order valence-electron chi connectivity index (χ4n) is 2.67. The Balaban J connectivity index is 1.70. The van der Waals surface area contributed by atoms with E-state index in [4.69, 9.17) is 17.3 Å². The molecule has 3 rings (SSSR count). The second-order valence-corrected chi connectivity index (χ2v) is 8.10. The molecule has 168 valence electrons. The number of alkyl halides is 3. The summed E-state index contributed by atoms with van der Waals surface area (Å²) in [6.45, 7) is 1.70. The van der Waals surface area contributed by atoms with E-state index in [9.17, 15) is 27.2 Å². The van der Waals surface area contributed by atoms with Crippen LogP contribution in [0.2, 0.25) is 5.02 Å². The summed E-state index contributed by atoms with van der Waals surface area (Å²) in [7, 11) is 0. The molecule has 0 fully saturated rings. The number of amides is 1. The molecule has 1 amide bonds. The Morgan fingerprint density at radius 3 is 2.66 bits per heavy atom. The number of nitrogens with two attached hydrogens (primary N) is 1. The van der Waals surface area contributed by atoms with Gasteiger partial charge in [0.25, 0.3) is 5.91 Å². The van der Waals surface area contributed by atoms with Crippen molar-refractivity contribution in [2.75, 3.05) is 11.1 Å². The van der Waals surface area contributed by atoms with Crippen molar-refractivity contribution in [3.05, 3.63) is 62.7 Å². The fourth-order valence-corrected chi connectivity index (χ4v) is 3.74. The predicted molar refractivity (Wildman–Crippen MR) is 110 cm³/mol. The van der Waals surface area contributed by atoms with E-state index in [0.29, 0.717) is 17.1 Å². The predicted octanol–water partition coefficient (Wildman–Crippen LogP) is 4.96. The Kier molecular flexibility index (Phi) is 6.74. The first-order chi connectivity index (χ1) is 15.0. The van der Waals surface area contributed by atoms with Gasteiger partial charge in [-0.15, -0.1) is 11.3 Å². The van der Waals surface area contributed by atoms with Crippen LogP contribution in [-0.2, 0) is 6.18 Å². The molecule has 0 aliphatic carbocycles. The van der Waals surface area contributed by atoms with Crippen molar-refractivity contribution in [3.8, 4) is 0 Å². The quantitative estimate of drug-likeness (QED) is 0.376. The lowest BCUT2D eigenvalue weighted by Crippen LogP contribution is -2.13. The van der Waals surface area contributed by atoms with E-state index < -0.39 is 35.2 Å². The molecule has 0 saturated carbocycles. The number of nitrogens with one attached hydrogen (secondary N) is 1. The standard InChI is InChI=1S/C19H14ClF4N5O2S/c1-8(4-12(30)15-14(20)16(25)28-7-27-15)18-26-6-13(32-18)17(31)29-9-2-3-11(21)10(5-9)19(22,23)24/h2-3,5-8H,4H2,1H3,(H,29,31)(H2,25,27,28). The smallest absolute Gasteiger partial charge is 0.382 e. The van der Waals surface area contributed by atoms with Crippen LogP contribution in [0.25, 0.3) is 0 Å². The van der Waals surface area contributed by atoms with E-state index in [1.54, 1.807) is 6.92 Å². The number of anilines is 2. The number of benzene rings is 1. The highest BCUT2D eigenvalue weighted by molar-refractivity contribution is 7.13. The third kappa shape index (κ3) is 5.19. The topological polar surface area (TPSA) is 111 Å². The van der Waals surface area contributed by atoms with Gasteiger partial charge in [-0.05, 0) is 18.2 Å². The van der Waals surface area contributed by atoms with Crippen LogP contribution in [0.4, 0.5) is 29.1 Å². The molecule has 3 aromatic rings. The highest BCUT2D eigenvalue weighted by Gasteiger charge is 2.34. The van der Waals surface area contributed by atoms with E-state index in [2.05, 4.69) is 20.3 Å². The monoisotopic (exact) mass is 487 g/mol. The van der Waals surface area contributed by atoms with Gasteiger partial charge in [0.05, 0.1) is 16.8 Å². The average Bonchev–Trinajstić information content (AvgIpc) is 3.21. The third-order valence-electron chi connectivity index (χ3n) is 4.27. The molecular weight excluding hydrogens is 474 g/mol. The molecule has 1 aromatic carbocycles. The van der Waals surface area contributed by atoms with Crippen molar-refractivity contribution in [1.82, 2.24) is 15.0 Å². The van der Waals surface area contributed by atoms with Crippen LogP contribution >= 0.6 is 22.9 Å². The van der Waals surface area contributed by atoms with Gasteiger partial charge in [0.2, 0.25) is 0 Å². The van der Waals surface area contributed by atoms with Crippen LogP contribution in [0.3, 0.4) is 0 Å². The molecule has 7 nitrogen and oxygen atoms in total. The first kappa shape index (κ1) is 23.5. The van der Waals surface area contributed by atoms with Crippen LogP contribution in [0.5, 0.6) is 0 Å². The molecule has 1 atom stereocenters. The lowest BCUT2D eigenvalue weighted by molar-refractivity contribution is -0.139. The molecule has 0 saturated heterocycles. The van der Waals surface area contributed by atoms with Gasteiger partial charge in [0, 0.05) is 18.0 Å². The van der Waals surface area contributed by atoms with Gasteiger partial charge in [0.1, 0.15) is 33.6 Å². The van der Waals surface area contributed by atoms with Gasteiger partial charge in [0.15, 0.2) is 5.78 Å². The molecule has 0 radical (unpaired) electrons. The van der Waals surface area contributed by atoms with Crippen LogP contribution in [0.1, 0.15) is 50.0 Å². The average molecular weight is 488 g/mol. The number of nitrogen functional groups attached to an aromatic ring is 1. The Labute approximate surface area is 187 Å². The van der Waals surface area contributed by atoms with E-state index in [-0.39, 0.29) is 33.5 Å². The number of carbonyl (C=O) groups excluding carboxylic acids is 2. The van der Waals surface area contributed by atoms with Crippen molar-refractivity contribution in [2.45, 2.75) is 25.4 Å². The highest BCUT2D eigenvalue weighted by Crippen LogP contribution is 2.33. The summed E-state index contributed by atoms with van der Waals surface area (Å²) in [5.41, 5.74) is 3.82. The van der Waals surface area contributed by atoms with Crippen molar-refractivity contribution in [3.63, 3.8) is 0 Å². The van der Waals surface area contributed by atoms with E-state index in [0.717, 1.165) is 23.7 Å². The minimum Gasteiger partial charge on any atom is -0.382 e. The maximum absolute atomic E-state index is 13.4. The molecule has 3 N–H and O–H groups in total. The number of thiazole rings is 1. The van der Waals surface area contributed by atoms with Gasteiger partial charge in [-0.25, -0.2) is 19.3 Å². The first-order valence-electron chi connectivity index (χ1n) is 8.90. The number of hydrogen-bond acceptors (Lipinski definition) is 7. The Bertz CT molecular complexity index is 1180. The van der Waals surface area contributed by atoms with Crippen LogP contribution in [0.15, 0.2) is 30.7 Å². The summed E-state index contributed by atoms with van der Waals surface area (Å²) in [4.78, 5) is 36.6. The van der Waals surface area contributed by atoms with E-state index in [1.165, 1.54) is 6.20 Å². The molecule has 0 bridgehead atoms. The summed E-state index contributed by atoms with van der Waals surface area (Å²) in [5.74, 6) is -3.01. The number of nitrogens with zero attached hydrogens (tertiary/aromatic N) is 3. The van der Waals surface area contributed by atoms with Crippen molar-refractivity contribution >= 4 is 46.1 Å².